The van der Waals surface area contributed by atoms with E-state index >= 15 is 0 Å². The molecule has 0 saturated carbocycles. The number of unbranched alkanes of at least 4 members (excludes halogenated alkanes) is 2. The summed E-state index contributed by atoms with van der Waals surface area (Å²) in [7, 11) is 0. The smallest absolute Gasteiger partial charge is 0.00582 e. The maximum atomic E-state index is 4.98. The first kappa shape index (κ1) is 33.8. The highest BCUT2D eigenvalue weighted by atomic mass is 14.4. The lowest BCUT2D eigenvalue weighted by Gasteiger charge is -2.44. The Labute approximate surface area is 269 Å². The highest BCUT2D eigenvalue weighted by molar-refractivity contribution is 5.89. The normalized spacial score (nSPS) is 15.1. The summed E-state index contributed by atoms with van der Waals surface area (Å²) in [6.07, 6.45) is 12.7. The summed E-state index contributed by atoms with van der Waals surface area (Å²) in [6.45, 7) is 24.0. The number of aryl methyl sites for hydroxylation is 1. The molecule has 4 rings (SSSR count). The van der Waals surface area contributed by atoms with Gasteiger partial charge in [0, 0.05) is 0 Å². The number of hydrogen-bond acceptors (Lipinski definition) is 0. The van der Waals surface area contributed by atoms with Gasteiger partial charge in [0.15, 0.2) is 0 Å². The molecule has 4 aromatic carbocycles. The summed E-state index contributed by atoms with van der Waals surface area (Å²) in [5.41, 5.74) is 7.12. The van der Waals surface area contributed by atoms with Crippen molar-refractivity contribution in [3.05, 3.63) is 120 Å². The Balaban J connectivity index is 1.80. The van der Waals surface area contributed by atoms with Crippen molar-refractivity contribution in [2.75, 3.05) is 0 Å². The predicted octanol–water partition coefficient (Wildman–Crippen LogP) is 13.7. The first-order chi connectivity index (χ1) is 21.2. The van der Waals surface area contributed by atoms with Crippen LogP contribution in [-0.4, -0.2) is 0 Å². The highest BCUT2D eigenvalue weighted by Crippen LogP contribution is 2.52. The Morgan fingerprint density at radius 1 is 0.682 bits per heavy atom. The Morgan fingerprint density at radius 2 is 1.34 bits per heavy atom. The quantitative estimate of drug-likeness (QED) is 0.108. The van der Waals surface area contributed by atoms with Crippen molar-refractivity contribution >= 4 is 21.5 Å². The summed E-state index contributed by atoms with van der Waals surface area (Å²) < 4.78 is 0. The first-order valence-corrected chi connectivity index (χ1v) is 17.5. The topological polar surface area (TPSA) is 0 Å². The van der Waals surface area contributed by atoms with Gasteiger partial charge in [0.25, 0.3) is 0 Å². The molecule has 0 bridgehead atoms. The maximum absolute atomic E-state index is 4.98. The molecule has 0 aromatic heterocycles. The third-order valence-corrected chi connectivity index (χ3v) is 10.6. The zero-order valence-electron chi connectivity index (χ0n) is 28.8. The van der Waals surface area contributed by atoms with Crippen LogP contribution < -0.4 is 0 Å². The van der Waals surface area contributed by atoms with Crippen LogP contribution in [0.3, 0.4) is 0 Å². The molecule has 0 spiro atoms. The Hall–Kier alpha value is -3.12. The third kappa shape index (κ3) is 7.74. The Bertz CT molecular complexity index is 1550. The number of allylic oxidation sites excluding steroid dienone is 2. The minimum Gasteiger partial charge on any atom is -0.0993 e. The molecule has 0 N–H and O–H groups in total. The van der Waals surface area contributed by atoms with E-state index in [9.17, 15) is 0 Å². The highest BCUT2D eigenvalue weighted by Gasteiger charge is 2.40. The van der Waals surface area contributed by atoms with Gasteiger partial charge in [-0.15, -0.1) is 0 Å². The van der Waals surface area contributed by atoms with Crippen molar-refractivity contribution in [1.82, 2.24) is 0 Å². The Kier molecular flexibility index (Phi) is 11.7. The fraction of sp³-hybridized carbons (Fsp3) is 0.455. The molecule has 0 heteroatoms. The molecule has 4 aromatic rings. The van der Waals surface area contributed by atoms with Gasteiger partial charge in [-0.2, -0.15) is 0 Å². The minimum absolute atomic E-state index is 0.0413. The Morgan fingerprint density at radius 3 is 2.09 bits per heavy atom. The molecule has 44 heavy (non-hydrogen) atoms. The molecule has 3 unspecified atom stereocenters. The van der Waals surface area contributed by atoms with Crippen LogP contribution in [0.5, 0.6) is 0 Å². The summed E-state index contributed by atoms with van der Waals surface area (Å²) >= 11 is 0. The average molecular weight is 587 g/mol. The standard InChI is InChI=1S/C44H58/c1-9-12-21-34(5)43(7,29-13-10-2)32-44(8,35(6)30-37-24-18-26-39-33(4)20-16-27-41(37)39)31-38(19-11-3)42-28-17-23-36-22-14-15-25-40(36)42/h14-18,20,22-28,38H,5-6,9-13,19,21,29-32H2,1-4,7-8H3. The average Bonchev–Trinajstić information content (AvgIpc) is 3.02. The number of fused-ring (bicyclic) bond motifs is 2. The van der Waals surface area contributed by atoms with E-state index in [1.54, 1.807) is 0 Å². The molecule has 234 valence electrons. The molecular formula is C44H58. The van der Waals surface area contributed by atoms with Gasteiger partial charge in [-0.25, -0.2) is 0 Å². The van der Waals surface area contributed by atoms with E-state index in [1.807, 2.05) is 0 Å². The fourth-order valence-corrected chi connectivity index (χ4v) is 7.85. The van der Waals surface area contributed by atoms with E-state index < -0.39 is 0 Å². The number of hydrogen-bond donors (Lipinski definition) is 0. The van der Waals surface area contributed by atoms with Crippen LogP contribution in [0, 0.1) is 17.8 Å². The van der Waals surface area contributed by atoms with Gasteiger partial charge in [-0.1, -0.05) is 163 Å². The van der Waals surface area contributed by atoms with Crippen molar-refractivity contribution < 1.29 is 0 Å². The largest absolute Gasteiger partial charge is 0.0993 e. The minimum atomic E-state index is -0.0413. The fourth-order valence-electron chi connectivity index (χ4n) is 7.85. The second-order valence-corrected chi connectivity index (χ2v) is 14.2. The first-order valence-electron chi connectivity index (χ1n) is 17.5. The molecule has 0 aliphatic rings. The van der Waals surface area contributed by atoms with E-state index in [0.717, 1.165) is 25.7 Å². The van der Waals surface area contributed by atoms with E-state index in [0.29, 0.717) is 5.92 Å². The van der Waals surface area contributed by atoms with Gasteiger partial charge in [0.1, 0.15) is 0 Å². The molecule has 0 saturated heterocycles. The zero-order chi connectivity index (χ0) is 31.7. The van der Waals surface area contributed by atoms with Crippen molar-refractivity contribution in [2.24, 2.45) is 10.8 Å². The number of benzene rings is 4. The molecular weight excluding hydrogens is 528 g/mol. The monoisotopic (exact) mass is 586 g/mol. The van der Waals surface area contributed by atoms with Gasteiger partial charge in [-0.05, 0) is 107 Å². The molecule has 0 amide bonds. The van der Waals surface area contributed by atoms with Crippen LogP contribution in [-0.2, 0) is 6.42 Å². The van der Waals surface area contributed by atoms with Crippen molar-refractivity contribution in [3.8, 4) is 0 Å². The second-order valence-electron chi connectivity index (χ2n) is 14.2. The third-order valence-electron chi connectivity index (χ3n) is 10.6. The molecule has 0 radical (unpaired) electrons. The van der Waals surface area contributed by atoms with Gasteiger partial charge < -0.3 is 0 Å². The van der Waals surface area contributed by atoms with Gasteiger partial charge >= 0.3 is 0 Å². The van der Waals surface area contributed by atoms with E-state index in [4.69, 9.17) is 13.2 Å². The lowest BCUT2D eigenvalue weighted by Crippen LogP contribution is -2.33. The van der Waals surface area contributed by atoms with Gasteiger partial charge in [-0.3, -0.25) is 0 Å². The van der Waals surface area contributed by atoms with Gasteiger partial charge in [0.2, 0.25) is 0 Å². The van der Waals surface area contributed by atoms with Crippen molar-refractivity contribution in [3.63, 3.8) is 0 Å². The van der Waals surface area contributed by atoms with E-state index in [2.05, 4.69) is 120 Å². The summed E-state index contributed by atoms with van der Waals surface area (Å²) in [4.78, 5) is 0. The van der Waals surface area contributed by atoms with Gasteiger partial charge in [0.05, 0.1) is 0 Å². The van der Waals surface area contributed by atoms with Crippen LogP contribution in [0.4, 0.5) is 0 Å². The summed E-state index contributed by atoms with van der Waals surface area (Å²) in [6, 6.07) is 29.5. The van der Waals surface area contributed by atoms with E-state index in [-0.39, 0.29) is 10.8 Å². The molecule has 0 fully saturated rings. The van der Waals surface area contributed by atoms with Crippen LogP contribution in [0.15, 0.2) is 103 Å². The maximum Gasteiger partial charge on any atom is -0.00582 e. The molecule has 0 nitrogen and oxygen atoms in total. The lowest BCUT2D eigenvalue weighted by molar-refractivity contribution is 0.181. The SMILES string of the molecule is C=C(CCCC)C(C)(CCCC)CC(C)(CC(CCC)c1cccc2ccccc12)C(=C)Cc1cccc2c(C)cccc12. The summed E-state index contributed by atoms with van der Waals surface area (Å²) in [5, 5.41) is 5.49. The molecule has 3 atom stereocenters. The second kappa shape index (κ2) is 15.2. The molecule has 0 heterocycles. The van der Waals surface area contributed by atoms with Crippen LogP contribution in [0.2, 0.25) is 0 Å². The van der Waals surface area contributed by atoms with Crippen molar-refractivity contribution in [1.29, 1.82) is 0 Å². The zero-order valence-corrected chi connectivity index (χ0v) is 28.8. The molecule has 0 aliphatic carbocycles. The predicted molar refractivity (Wildman–Crippen MR) is 197 cm³/mol. The van der Waals surface area contributed by atoms with Crippen molar-refractivity contribution in [2.45, 2.75) is 118 Å². The lowest BCUT2D eigenvalue weighted by atomic mass is 9.60. The summed E-state index contributed by atoms with van der Waals surface area (Å²) in [5.74, 6) is 0.474. The van der Waals surface area contributed by atoms with Crippen LogP contribution >= 0.6 is 0 Å². The number of rotatable bonds is 17. The van der Waals surface area contributed by atoms with Crippen LogP contribution in [0.25, 0.3) is 21.5 Å². The molecule has 0 aliphatic heterocycles. The van der Waals surface area contributed by atoms with Crippen LogP contribution in [0.1, 0.15) is 121 Å². The van der Waals surface area contributed by atoms with E-state index in [1.165, 1.54) is 94.3 Å².